The number of benzene rings is 1. The molecule has 1 saturated heterocycles. The van der Waals surface area contributed by atoms with Crippen LogP contribution >= 0.6 is 0 Å². The Kier molecular flexibility index (Phi) is 5.94. The zero-order chi connectivity index (χ0) is 20.3. The monoisotopic (exact) mass is 415 g/mol. The molecule has 3 heterocycles. The summed E-state index contributed by atoms with van der Waals surface area (Å²) in [4.78, 5) is 18.9. The molecule has 2 aromatic rings. The normalized spacial score (nSPS) is 17.7. The first kappa shape index (κ1) is 20.0. The second kappa shape index (κ2) is 8.61. The Morgan fingerprint density at radius 2 is 1.93 bits per heavy atom. The lowest BCUT2D eigenvalue weighted by Crippen LogP contribution is -2.40. The van der Waals surface area contributed by atoms with Crippen molar-refractivity contribution in [2.24, 2.45) is 0 Å². The van der Waals surface area contributed by atoms with E-state index in [0.29, 0.717) is 63.6 Å². The lowest BCUT2D eigenvalue weighted by Gasteiger charge is -2.30. The van der Waals surface area contributed by atoms with E-state index in [0.717, 1.165) is 16.7 Å². The molecule has 0 bridgehead atoms. The molecule has 0 atom stereocenters. The Balaban J connectivity index is 1.42. The van der Waals surface area contributed by atoms with E-state index in [2.05, 4.69) is 4.98 Å². The lowest BCUT2D eigenvalue weighted by molar-refractivity contribution is -0.132. The predicted molar refractivity (Wildman–Crippen MR) is 108 cm³/mol. The third kappa shape index (κ3) is 4.49. The molecule has 154 valence electrons. The molecule has 1 fully saturated rings. The molecule has 0 unspecified atom stereocenters. The standard InChI is InChI=1S/C21H25N3O4S/c25-21(6-3-17-2-1-8-22-15-17)23-9-7-18-14-20(5-4-19(18)16-23)29(26,27)24-10-12-28-13-11-24/h1-2,4-5,8,14-15H,3,6-7,9-13,16H2. The first-order valence-electron chi connectivity index (χ1n) is 9.90. The van der Waals surface area contributed by atoms with Crippen LogP contribution in [0, 0.1) is 0 Å². The van der Waals surface area contributed by atoms with E-state index in [4.69, 9.17) is 4.74 Å². The number of carbonyl (C=O) groups is 1. The van der Waals surface area contributed by atoms with Crippen LogP contribution in [0.2, 0.25) is 0 Å². The number of rotatable bonds is 5. The Hall–Kier alpha value is -2.29. The Labute approximate surface area is 171 Å². The van der Waals surface area contributed by atoms with Crippen LogP contribution in [0.3, 0.4) is 0 Å². The van der Waals surface area contributed by atoms with Gasteiger partial charge in [0.1, 0.15) is 0 Å². The van der Waals surface area contributed by atoms with E-state index in [1.54, 1.807) is 24.5 Å². The molecule has 0 spiro atoms. The van der Waals surface area contributed by atoms with Gasteiger partial charge in [0.15, 0.2) is 0 Å². The maximum absolute atomic E-state index is 12.9. The van der Waals surface area contributed by atoms with Crippen molar-refractivity contribution >= 4 is 15.9 Å². The summed E-state index contributed by atoms with van der Waals surface area (Å²) >= 11 is 0. The average Bonchev–Trinajstić information content (AvgIpc) is 2.78. The largest absolute Gasteiger partial charge is 0.379 e. The molecule has 0 saturated carbocycles. The van der Waals surface area contributed by atoms with Crippen LogP contribution in [0.15, 0.2) is 47.6 Å². The highest BCUT2D eigenvalue weighted by Crippen LogP contribution is 2.25. The van der Waals surface area contributed by atoms with Gasteiger partial charge in [-0.25, -0.2) is 8.42 Å². The Morgan fingerprint density at radius 1 is 1.10 bits per heavy atom. The number of ether oxygens (including phenoxy) is 1. The molecular formula is C21H25N3O4S. The molecule has 0 radical (unpaired) electrons. The number of amides is 1. The summed E-state index contributed by atoms with van der Waals surface area (Å²) in [6.07, 6.45) is 5.30. The van der Waals surface area contributed by atoms with Crippen LogP contribution in [-0.4, -0.2) is 61.4 Å². The number of fused-ring (bicyclic) bond motifs is 1. The van der Waals surface area contributed by atoms with Gasteiger partial charge in [0.25, 0.3) is 0 Å². The fourth-order valence-corrected chi connectivity index (χ4v) is 5.25. The Bertz CT molecular complexity index is 973. The maximum atomic E-state index is 12.9. The van der Waals surface area contributed by atoms with Crippen LogP contribution in [-0.2, 0) is 38.9 Å². The summed E-state index contributed by atoms with van der Waals surface area (Å²) in [5.41, 5.74) is 3.08. The highest BCUT2D eigenvalue weighted by Gasteiger charge is 2.28. The number of aromatic nitrogens is 1. The number of sulfonamides is 1. The van der Waals surface area contributed by atoms with Gasteiger partial charge in [-0.3, -0.25) is 9.78 Å². The summed E-state index contributed by atoms with van der Waals surface area (Å²) in [6.45, 7) is 2.77. The van der Waals surface area contributed by atoms with Gasteiger partial charge in [-0.05, 0) is 47.7 Å². The minimum atomic E-state index is -3.50. The molecule has 8 heteroatoms. The van der Waals surface area contributed by atoms with Gasteiger partial charge in [-0.15, -0.1) is 0 Å². The van der Waals surface area contributed by atoms with Gasteiger partial charge >= 0.3 is 0 Å². The predicted octanol–water partition coefficient (Wildman–Crippen LogP) is 1.62. The number of pyridine rings is 1. The van der Waals surface area contributed by atoms with Crippen molar-refractivity contribution in [3.05, 3.63) is 59.4 Å². The smallest absolute Gasteiger partial charge is 0.243 e. The molecule has 1 aromatic heterocycles. The first-order chi connectivity index (χ1) is 14.0. The molecule has 29 heavy (non-hydrogen) atoms. The van der Waals surface area contributed by atoms with Gasteiger partial charge in [-0.2, -0.15) is 4.31 Å². The summed E-state index contributed by atoms with van der Waals surface area (Å²) in [7, 11) is -3.50. The van der Waals surface area contributed by atoms with Crippen molar-refractivity contribution in [1.29, 1.82) is 0 Å². The van der Waals surface area contributed by atoms with Gasteiger partial charge in [0, 0.05) is 45.0 Å². The van der Waals surface area contributed by atoms with Crippen molar-refractivity contribution in [3.8, 4) is 0 Å². The quantitative estimate of drug-likeness (QED) is 0.741. The van der Waals surface area contributed by atoms with E-state index in [1.807, 2.05) is 23.1 Å². The van der Waals surface area contributed by atoms with E-state index in [9.17, 15) is 13.2 Å². The van der Waals surface area contributed by atoms with Gasteiger partial charge in [0.2, 0.25) is 15.9 Å². The summed E-state index contributed by atoms with van der Waals surface area (Å²) in [5.74, 6) is 0.115. The average molecular weight is 416 g/mol. The molecule has 1 aromatic carbocycles. The zero-order valence-electron chi connectivity index (χ0n) is 16.3. The minimum absolute atomic E-state index is 0.115. The molecule has 7 nitrogen and oxygen atoms in total. The molecule has 2 aliphatic rings. The third-order valence-corrected chi connectivity index (χ3v) is 7.40. The van der Waals surface area contributed by atoms with Crippen molar-refractivity contribution in [3.63, 3.8) is 0 Å². The number of hydrogen-bond donors (Lipinski definition) is 0. The molecule has 4 rings (SSSR count). The number of nitrogens with zero attached hydrogens (tertiary/aromatic N) is 3. The third-order valence-electron chi connectivity index (χ3n) is 5.50. The fraction of sp³-hybridized carbons (Fsp3) is 0.429. The molecule has 2 aliphatic heterocycles. The fourth-order valence-electron chi connectivity index (χ4n) is 3.79. The molecule has 1 amide bonds. The number of morpholine rings is 1. The molecular weight excluding hydrogens is 390 g/mol. The Morgan fingerprint density at radius 3 is 2.69 bits per heavy atom. The first-order valence-corrected chi connectivity index (χ1v) is 11.3. The van der Waals surface area contributed by atoms with Crippen molar-refractivity contribution < 1.29 is 17.9 Å². The number of aryl methyl sites for hydroxylation is 1. The van der Waals surface area contributed by atoms with Crippen molar-refractivity contribution in [2.75, 3.05) is 32.8 Å². The minimum Gasteiger partial charge on any atom is -0.379 e. The SMILES string of the molecule is O=C(CCc1cccnc1)N1CCc2cc(S(=O)(=O)N3CCOCC3)ccc2C1. The van der Waals surface area contributed by atoms with Crippen LogP contribution in [0.4, 0.5) is 0 Å². The summed E-state index contributed by atoms with van der Waals surface area (Å²) in [6, 6.07) is 9.13. The van der Waals surface area contributed by atoms with E-state index >= 15 is 0 Å². The second-order valence-corrected chi connectivity index (χ2v) is 9.31. The highest BCUT2D eigenvalue weighted by atomic mass is 32.2. The van der Waals surface area contributed by atoms with Gasteiger partial charge < -0.3 is 9.64 Å². The maximum Gasteiger partial charge on any atom is 0.243 e. The van der Waals surface area contributed by atoms with Gasteiger partial charge in [-0.1, -0.05) is 12.1 Å². The molecule has 0 N–H and O–H groups in total. The zero-order valence-corrected chi connectivity index (χ0v) is 17.1. The van der Waals surface area contributed by atoms with E-state index in [-0.39, 0.29) is 5.91 Å². The van der Waals surface area contributed by atoms with E-state index in [1.165, 1.54) is 4.31 Å². The summed E-state index contributed by atoms with van der Waals surface area (Å²) in [5, 5.41) is 0. The van der Waals surface area contributed by atoms with Crippen LogP contribution < -0.4 is 0 Å². The number of carbonyl (C=O) groups excluding carboxylic acids is 1. The number of hydrogen-bond acceptors (Lipinski definition) is 5. The topological polar surface area (TPSA) is 79.8 Å². The van der Waals surface area contributed by atoms with Crippen LogP contribution in [0.25, 0.3) is 0 Å². The summed E-state index contributed by atoms with van der Waals surface area (Å²) < 4.78 is 32.5. The molecule has 0 aliphatic carbocycles. The van der Waals surface area contributed by atoms with Crippen molar-refractivity contribution in [2.45, 2.75) is 30.7 Å². The van der Waals surface area contributed by atoms with Crippen LogP contribution in [0.5, 0.6) is 0 Å². The highest BCUT2D eigenvalue weighted by molar-refractivity contribution is 7.89. The van der Waals surface area contributed by atoms with Crippen molar-refractivity contribution in [1.82, 2.24) is 14.2 Å². The second-order valence-electron chi connectivity index (χ2n) is 7.37. The van der Waals surface area contributed by atoms with E-state index < -0.39 is 10.0 Å². The van der Waals surface area contributed by atoms with Gasteiger partial charge in [0.05, 0.1) is 18.1 Å². The van der Waals surface area contributed by atoms with Crippen LogP contribution in [0.1, 0.15) is 23.1 Å². The lowest BCUT2D eigenvalue weighted by atomic mass is 9.99.